The van der Waals surface area contributed by atoms with E-state index in [9.17, 15) is 9.50 Å². The molecular formula is C10H10ClFO2. The summed E-state index contributed by atoms with van der Waals surface area (Å²) in [7, 11) is 0. The topological polar surface area (TPSA) is 29.5 Å². The summed E-state index contributed by atoms with van der Waals surface area (Å²) in [6.07, 6.45) is 0.455. The normalized spacial score (nSPS) is 26.8. The molecule has 0 aliphatic carbocycles. The molecule has 1 fully saturated rings. The largest absolute Gasteiger partial charge is 0.383 e. The van der Waals surface area contributed by atoms with Crippen LogP contribution in [-0.2, 0) is 10.3 Å². The third-order valence-corrected chi connectivity index (χ3v) is 2.76. The van der Waals surface area contributed by atoms with Gasteiger partial charge in [-0.3, -0.25) is 0 Å². The van der Waals surface area contributed by atoms with Crippen LogP contribution in [0, 0.1) is 5.82 Å². The predicted octanol–water partition coefficient (Wildman–Crippen LogP) is 2.09. The third-order valence-electron chi connectivity index (χ3n) is 2.43. The predicted molar refractivity (Wildman–Crippen MR) is 50.7 cm³/mol. The smallest absolute Gasteiger partial charge is 0.123 e. The van der Waals surface area contributed by atoms with Crippen LogP contribution in [0.15, 0.2) is 18.2 Å². The standard InChI is InChI=1S/C10H10ClFO2/c11-9-2-1-7(12)5-8(9)10(13)3-4-14-6-10/h1-2,5,13H,3-4,6H2. The fourth-order valence-corrected chi connectivity index (χ4v) is 1.91. The van der Waals surface area contributed by atoms with E-state index in [1.807, 2.05) is 0 Å². The van der Waals surface area contributed by atoms with Crippen LogP contribution >= 0.6 is 11.6 Å². The molecule has 0 amide bonds. The highest BCUT2D eigenvalue weighted by atomic mass is 35.5. The van der Waals surface area contributed by atoms with E-state index in [2.05, 4.69) is 0 Å². The number of halogens is 2. The van der Waals surface area contributed by atoms with Crippen LogP contribution in [-0.4, -0.2) is 18.3 Å². The summed E-state index contributed by atoms with van der Waals surface area (Å²) in [5.74, 6) is -0.398. The minimum Gasteiger partial charge on any atom is -0.383 e. The zero-order valence-electron chi connectivity index (χ0n) is 7.46. The van der Waals surface area contributed by atoms with Gasteiger partial charge >= 0.3 is 0 Å². The fraction of sp³-hybridized carbons (Fsp3) is 0.400. The number of aliphatic hydroxyl groups is 1. The molecule has 0 bridgehead atoms. The molecule has 0 spiro atoms. The van der Waals surface area contributed by atoms with Crippen molar-refractivity contribution in [2.75, 3.05) is 13.2 Å². The Bertz CT molecular complexity index is 348. The second kappa shape index (κ2) is 3.50. The van der Waals surface area contributed by atoms with E-state index in [0.29, 0.717) is 23.6 Å². The van der Waals surface area contributed by atoms with E-state index in [0.717, 1.165) is 0 Å². The first-order valence-corrected chi connectivity index (χ1v) is 4.75. The first kappa shape index (κ1) is 9.90. The van der Waals surface area contributed by atoms with Gasteiger partial charge in [0.05, 0.1) is 6.61 Å². The van der Waals surface area contributed by atoms with Crippen molar-refractivity contribution in [2.45, 2.75) is 12.0 Å². The van der Waals surface area contributed by atoms with Crippen LogP contribution in [0.4, 0.5) is 4.39 Å². The number of benzene rings is 1. The number of ether oxygens (including phenoxy) is 1. The molecule has 0 saturated carbocycles. The van der Waals surface area contributed by atoms with Crippen molar-refractivity contribution >= 4 is 11.6 Å². The van der Waals surface area contributed by atoms with Crippen molar-refractivity contribution in [3.63, 3.8) is 0 Å². The van der Waals surface area contributed by atoms with E-state index in [-0.39, 0.29) is 6.61 Å². The van der Waals surface area contributed by atoms with Crippen molar-refractivity contribution in [2.24, 2.45) is 0 Å². The van der Waals surface area contributed by atoms with Gasteiger partial charge in [0.15, 0.2) is 0 Å². The second-order valence-electron chi connectivity index (χ2n) is 3.46. The minimum absolute atomic E-state index is 0.177. The Morgan fingerprint density at radius 1 is 1.50 bits per heavy atom. The summed E-state index contributed by atoms with van der Waals surface area (Å²) in [5, 5.41) is 10.5. The average Bonchev–Trinajstić information content (AvgIpc) is 2.58. The van der Waals surface area contributed by atoms with Crippen LogP contribution in [0.5, 0.6) is 0 Å². The van der Waals surface area contributed by atoms with Crippen LogP contribution in [0.3, 0.4) is 0 Å². The summed E-state index contributed by atoms with van der Waals surface area (Å²) in [4.78, 5) is 0. The molecule has 14 heavy (non-hydrogen) atoms. The van der Waals surface area contributed by atoms with Gasteiger partial charge < -0.3 is 9.84 Å². The maximum Gasteiger partial charge on any atom is 0.123 e. The molecule has 1 aliphatic rings. The van der Waals surface area contributed by atoms with E-state index in [4.69, 9.17) is 16.3 Å². The van der Waals surface area contributed by atoms with Gasteiger partial charge in [0.1, 0.15) is 11.4 Å². The van der Waals surface area contributed by atoms with E-state index in [1.165, 1.54) is 18.2 Å². The molecule has 1 atom stereocenters. The molecule has 1 heterocycles. The maximum absolute atomic E-state index is 13.0. The summed E-state index contributed by atoms with van der Waals surface area (Å²) in [5.41, 5.74) is -0.712. The first-order valence-electron chi connectivity index (χ1n) is 4.37. The lowest BCUT2D eigenvalue weighted by atomic mass is 9.93. The summed E-state index contributed by atoms with van der Waals surface area (Å²) in [6, 6.07) is 3.98. The van der Waals surface area contributed by atoms with Crippen molar-refractivity contribution in [1.82, 2.24) is 0 Å². The molecule has 1 aromatic carbocycles. The lowest BCUT2D eigenvalue weighted by Gasteiger charge is -2.21. The van der Waals surface area contributed by atoms with Gasteiger partial charge in [-0.25, -0.2) is 4.39 Å². The van der Waals surface area contributed by atoms with Gasteiger partial charge in [0.2, 0.25) is 0 Å². The Balaban J connectivity index is 2.44. The summed E-state index contributed by atoms with van der Waals surface area (Å²) in [6.45, 7) is 0.652. The fourth-order valence-electron chi connectivity index (χ4n) is 1.62. The Labute approximate surface area is 86.3 Å². The molecule has 2 nitrogen and oxygen atoms in total. The number of hydrogen-bond donors (Lipinski definition) is 1. The SMILES string of the molecule is OC1(c2cc(F)ccc2Cl)CCOC1. The molecule has 1 aliphatic heterocycles. The lowest BCUT2D eigenvalue weighted by Crippen LogP contribution is -2.26. The minimum atomic E-state index is -1.13. The highest BCUT2D eigenvalue weighted by molar-refractivity contribution is 6.31. The average molecular weight is 217 g/mol. The van der Waals surface area contributed by atoms with Crippen molar-refractivity contribution in [3.8, 4) is 0 Å². The summed E-state index contributed by atoms with van der Waals surface area (Å²) >= 11 is 5.88. The monoisotopic (exact) mass is 216 g/mol. The van der Waals surface area contributed by atoms with E-state index in [1.54, 1.807) is 0 Å². The molecule has 2 rings (SSSR count). The Kier molecular flexibility index (Phi) is 2.47. The molecule has 1 saturated heterocycles. The van der Waals surface area contributed by atoms with Crippen molar-refractivity contribution in [3.05, 3.63) is 34.6 Å². The Morgan fingerprint density at radius 2 is 2.29 bits per heavy atom. The maximum atomic E-state index is 13.0. The Morgan fingerprint density at radius 3 is 2.93 bits per heavy atom. The van der Waals surface area contributed by atoms with Crippen LogP contribution in [0.2, 0.25) is 5.02 Å². The highest BCUT2D eigenvalue weighted by Crippen LogP contribution is 2.35. The molecule has 1 N–H and O–H groups in total. The van der Waals surface area contributed by atoms with Gasteiger partial charge in [-0.05, 0) is 18.2 Å². The van der Waals surface area contributed by atoms with Gasteiger partial charge in [-0.1, -0.05) is 11.6 Å². The molecule has 0 radical (unpaired) electrons. The molecule has 0 aromatic heterocycles. The van der Waals surface area contributed by atoms with Crippen molar-refractivity contribution in [1.29, 1.82) is 0 Å². The first-order chi connectivity index (χ1) is 6.62. The van der Waals surface area contributed by atoms with Gasteiger partial charge in [0.25, 0.3) is 0 Å². The summed E-state index contributed by atoms with van der Waals surface area (Å²) < 4.78 is 18.0. The Hall–Kier alpha value is -0.640. The molecule has 76 valence electrons. The van der Waals surface area contributed by atoms with E-state index >= 15 is 0 Å². The molecule has 1 aromatic rings. The number of hydrogen-bond acceptors (Lipinski definition) is 2. The van der Waals surface area contributed by atoms with Gasteiger partial charge in [0, 0.05) is 23.6 Å². The quantitative estimate of drug-likeness (QED) is 0.779. The zero-order valence-corrected chi connectivity index (χ0v) is 8.22. The zero-order chi connectivity index (χ0) is 10.2. The lowest BCUT2D eigenvalue weighted by molar-refractivity contribution is 0.0230. The third kappa shape index (κ3) is 1.63. The molecule has 1 unspecified atom stereocenters. The van der Waals surface area contributed by atoms with Crippen LogP contribution in [0.25, 0.3) is 0 Å². The molecule has 4 heteroatoms. The second-order valence-corrected chi connectivity index (χ2v) is 3.87. The van der Waals surface area contributed by atoms with Gasteiger partial charge in [-0.2, -0.15) is 0 Å². The molecular weight excluding hydrogens is 207 g/mol. The van der Waals surface area contributed by atoms with E-state index < -0.39 is 11.4 Å². The van der Waals surface area contributed by atoms with Gasteiger partial charge in [-0.15, -0.1) is 0 Å². The number of rotatable bonds is 1. The van der Waals surface area contributed by atoms with Crippen LogP contribution in [0.1, 0.15) is 12.0 Å². The van der Waals surface area contributed by atoms with Crippen LogP contribution < -0.4 is 0 Å². The van der Waals surface area contributed by atoms with Crippen molar-refractivity contribution < 1.29 is 14.2 Å². The highest BCUT2D eigenvalue weighted by Gasteiger charge is 2.36.